The van der Waals surface area contributed by atoms with E-state index in [1.54, 1.807) is 19.1 Å². The zero-order chi connectivity index (χ0) is 38.5. The van der Waals surface area contributed by atoms with E-state index < -0.39 is 20.2 Å². The molecule has 0 spiro atoms. The Balaban J connectivity index is 1.47. The number of hydrogen-bond donors (Lipinski definition) is 4. The van der Waals surface area contributed by atoms with Crippen LogP contribution < -0.4 is 10.6 Å². The van der Waals surface area contributed by atoms with Crippen LogP contribution in [0.5, 0.6) is 0 Å². The topological polar surface area (TPSA) is 243 Å². The molecule has 2 aromatic heterocycles. The third-order valence-electron chi connectivity index (χ3n) is 7.66. The van der Waals surface area contributed by atoms with Crippen LogP contribution in [0.3, 0.4) is 0 Å². The predicted molar refractivity (Wildman–Crippen MR) is 202 cm³/mol. The van der Waals surface area contributed by atoms with Crippen molar-refractivity contribution in [2.75, 3.05) is 10.6 Å². The molecule has 0 unspecified atom stereocenters. The maximum atomic E-state index is 11.6. The zero-order valence-corrected chi connectivity index (χ0v) is 30.2. The number of anilines is 4. The van der Waals surface area contributed by atoms with Gasteiger partial charge in [0.15, 0.2) is 16.6 Å². The lowest BCUT2D eigenvalue weighted by Crippen LogP contribution is -2.05. The van der Waals surface area contributed by atoms with Gasteiger partial charge in [0, 0.05) is 22.5 Å². The maximum Gasteiger partial charge on any atom is 0.294 e. The Bertz CT molecular complexity index is 2730. The Hall–Kier alpha value is -6.67. The molecule has 0 fully saturated rings. The molecule has 0 aliphatic heterocycles. The molecule has 6 rings (SSSR count). The first-order chi connectivity index (χ1) is 25.9. The lowest BCUT2D eigenvalue weighted by molar-refractivity contribution is 0.481. The van der Waals surface area contributed by atoms with Crippen LogP contribution in [0.2, 0.25) is 0 Å². The van der Waals surface area contributed by atoms with E-state index in [0.29, 0.717) is 38.8 Å². The van der Waals surface area contributed by atoms with Crippen LogP contribution in [0.25, 0.3) is 11.1 Å². The normalized spacial score (nSPS) is 11.7. The van der Waals surface area contributed by atoms with Crippen LogP contribution in [0.15, 0.2) is 139 Å². The van der Waals surface area contributed by atoms with E-state index in [9.17, 15) is 36.5 Å². The van der Waals surface area contributed by atoms with Crippen molar-refractivity contribution in [2.24, 2.45) is 20.5 Å². The van der Waals surface area contributed by atoms with Crippen molar-refractivity contribution in [3.8, 4) is 23.3 Å². The number of pyridine rings is 1. The Morgan fingerprint density at radius 1 is 0.630 bits per heavy atom. The van der Waals surface area contributed by atoms with Crippen molar-refractivity contribution >= 4 is 76.0 Å². The van der Waals surface area contributed by atoms with Crippen molar-refractivity contribution in [3.05, 3.63) is 126 Å². The van der Waals surface area contributed by atoms with Crippen molar-refractivity contribution in [1.82, 2.24) is 4.98 Å². The fourth-order valence-corrected chi connectivity index (χ4v) is 6.92. The van der Waals surface area contributed by atoms with Crippen molar-refractivity contribution in [2.45, 2.75) is 16.7 Å². The number of rotatable bonds is 11. The average Bonchev–Trinajstić information content (AvgIpc) is 3.51. The van der Waals surface area contributed by atoms with Gasteiger partial charge in [0.25, 0.3) is 20.2 Å². The number of hydrogen-bond acceptors (Lipinski definition) is 14. The molecule has 0 bridgehead atoms. The second kappa shape index (κ2) is 15.5. The van der Waals surface area contributed by atoms with Crippen LogP contribution in [0.1, 0.15) is 16.7 Å². The molecule has 2 heterocycles. The first kappa shape index (κ1) is 37.1. The minimum absolute atomic E-state index is 0.0365. The molecule has 15 nitrogen and oxygen atoms in total. The fourth-order valence-electron chi connectivity index (χ4n) is 5.04. The summed E-state index contributed by atoms with van der Waals surface area (Å²) in [5, 5.41) is 45.0. The van der Waals surface area contributed by atoms with Crippen LogP contribution in [0, 0.1) is 29.6 Å². The molecule has 0 amide bonds. The number of nitriles is 2. The van der Waals surface area contributed by atoms with E-state index in [4.69, 9.17) is 0 Å². The number of benzene rings is 4. The largest absolute Gasteiger partial charge is 0.339 e. The highest BCUT2D eigenvalue weighted by atomic mass is 32.2. The fraction of sp³-hybridized carbons (Fsp3) is 0.0278. The molecule has 6 aromatic rings. The Kier molecular flexibility index (Phi) is 10.7. The smallest absolute Gasteiger partial charge is 0.294 e. The van der Waals surface area contributed by atoms with Gasteiger partial charge in [-0.2, -0.15) is 27.4 Å². The molecule has 268 valence electrons. The molecule has 4 aromatic carbocycles. The highest BCUT2D eigenvalue weighted by Crippen LogP contribution is 2.48. The average molecular weight is 776 g/mol. The SMILES string of the molecule is Cc1c(C#N)c(Nc2ccc(S(=O)(=O)O)cc2)nc(Nc2ccc(S(=O)(=O)O)cc2)c1N=Nc1sc(N=Nc2ccccc2)c(-c2ccccc2)c1C#N. The minimum Gasteiger partial charge on any atom is -0.339 e. The van der Waals surface area contributed by atoms with E-state index in [1.165, 1.54) is 48.5 Å². The number of thiophene rings is 1. The Labute approximate surface area is 313 Å². The summed E-state index contributed by atoms with van der Waals surface area (Å²) in [6.45, 7) is 1.60. The van der Waals surface area contributed by atoms with Gasteiger partial charge in [0.1, 0.15) is 28.4 Å². The van der Waals surface area contributed by atoms with Gasteiger partial charge >= 0.3 is 0 Å². The number of nitrogens with zero attached hydrogens (tertiary/aromatic N) is 7. The predicted octanol–water partition coefficient (Wildman–Crippen LogP) is 9.67. The van der Waals surface area contributed by atoms with E-state index in [-0.39, 0.29) is 43.2 Å². The minimum atomic E-state index is -4.47. The van der Waals surface area contributed by atoms with Gasteiger partial charge < -0.3 is 10.6 Å². The molecule has 0 aliphatic carbocycles. The summed E-state index contributed by atoms with van der Waals surface area (Å²) >= 11 is 1.08. The van der Waals surface area contributed by atoms with Gasteiger partial charge in [0.2, 0.25) is 0 Å². The summed E-state index contributed by atoms with van der Waals surface area (Å²) in [5.41, 5.74) is 3.07. The standard InChI is InChI=1S/C36H25N9O6S3/c1-22-29(20-37)33(39-24-12-16-27(17-13-24)53(46,47)48)41-34(40-25-14-18-28(19-15-25)54(49,50)51)32(22)43-44-35-30(21-38)31(23-8-4-2-5-9-23)36(52-35)45-42-26-10-6-3-7-11-26/h2-19H,1H3,(H2,39,40,41)(H,46,47,48)(H,49,50,51). The monoisotopic (exact) mass is 775 g/mol. The van der Waals surface area contributed by atoms with Crippen LogP contribution in [-0.2, 0) is 20.2 Å². The number of azo groups is 2. The summed E-state index contributed by atoms with van der Waals surface area (Å²) < 4.78 is 65.2. The Morgan fingerprint density at radius 3 is 1.65 bits per heavy atom. The maximum absolute atomic E-state index is 11.6. The van der Waals surface area contributed by atoms with E-state index in [2.05, 4.69) is 48.2 Å². The van der Waals surface area contributed by atoms with Crippen LogP contribution in [0.4, 0.5) is 44.4 Å². The van der Waals surface area contributed by atoms with E-state index in [1.807, 2.05) is 48.5 Å². The molecular weight excluding hydrogens is 751 g/mol. The van der Waals surface area contributed by atoms with Gasteiger partial charge in [-0.3, -0.25) is 9.11 Å². The summed E-state index contributed by atoms with van der Waals surface area (Å²) in [6.07, 6.45) is 0. The Morgan fingerprint density at radius 2 is 1.13 bits per heavy atom. The molecule has 0 aliphatic rings. The lowest BCUT2D eigenvalue weighted by Gasteiger charge is -2.16. The molecule has 4 N–H and O–H groups in total. The van der Waals surface area contributed by atoms with Crippen molar-refractivity contribution < 1.29 is 25.9 Å². The van der Waals surface area contributed by atoms with Gasteiger partial charge in [0.05, 0.1) is 21.0 Å². The lowest BCUT2D eigenvalue weighted by atomic mass is 10.0. The summed E-state index contributed by atoms with van der Waals surface area (Å²) in [6, 6.07) is 32.7. The molecular formula is C36H25N9O6S3. The van der Waals surface area contributed by atoms with E-state index >= 15 is 0 Å². The second-order valence-electron chi connectivity index (χ2n) is 11.2. The summed E-state index contributed by atoms with van der Waals surface area (Å²) in [4.78, 5) is 3.91. The highest BCUT2D eigenvalue weighted by Gasteiger charge is 2.23. The van der Waals surface area contributed by atoms with Gasteiger partial charge in [-0.25, -0.2) is 4.98 Å². The number of aromatic nitrogens is 1. The second-order valence-corrected chi connectivity index (χ2v) is 15.0. The third kappa shape index (κ3) is 8.34. The van der Waals surface area contributed by atoms with E-state index in [0.717, 1.165) is 11.3 Å². The van der Waals surface area contributed by atoms with Gasteiger partial charge in [-0.05, 0) is 73.2 Å². The van der Waals surface area contributed by atoms with Crippen LogP contribution >= 0.6 is 11.3 Å². The summed E-state index contributed by atoms with van der Waals surface area (Å²) in [7, 11) is -8.92. The quantitative estimate of drug-likeness (QED) is 0.0712. The third-order valence-corrected chi connectivity index (χ3v) is 10.3. The first-order valence-electron chi connectivity index (χ1n) is 15.5. The highest BCUT2D eigenvalue weighted by molar-refractivity contribution is 7.86. The molecule has 18 heteroatoms. The molecule has 0 atom stereocenters. The molecule has 0 saturated heterocycles. The van der Waals surface area contributed by atoms with Gasteiger partial charge in [-0.15, -0.1) is 20.5 Å². The van der Waals surface area contributed by atoms with Gasteiger partial charge in [-0.1, -0.05) is 59.9 Å². The number of nitrogens with one attached hydrogen (secondary N) is 2. The van der Waals surface area contributed by atoms with Crippen LogP contribution in [-0.4, -0.2) is 30.9 Å². The molecule has 0 saturated carbocycles. The molecule has 0 radical (unpaired) electrons. The van der Waals surface area contributed by atoms with Crippen molar-refractivity contribution in [3.63, 3.8) is 0 Å². The zero-order valence-electron chi connectivity index (χ0n) is 27.8. The molecule has 54 heavy (non-hydrogen) atoms. The van der Waals surface area contributed by atoms with Crippen molar-refractivity contribution in [1.29, 1.82) is 10.5 Å². The summed E-state index contributed by atoms with van der Waals surface area (Å²) in [5.74, 6) is 0.0867. The first-order valence-corrected chi connectivity index (χ1v) is 19.2.